The van der Waals surface area contributed by atoms with E-state index >= 15 is 0 Å². The van der Waals surface area contributed by atoms with Crippen molar-refractivity contribution in [3.63, 3.8) is 0 Å². The normalized spacial score (nSPS) is 16.1. The third-order valence-corrected chi connectivity index (χ3v) is 4.66. The van der Waals surface area contributed by atoms with Gasteiger partial charge in [-0.05, 0) is 30.5 Å². The van der Waals surface area contributed by atoms with Gasteiger partial charge in [0.1, 0.15) is 0 Å². The van der Waals surface area contributed by atoms with Crippen molar-refractivity contribution in [2.45, 2.75) is 31.6 Å². The molecule has 1 aliphatic rings. The number of likely N-dealkylation sites (N-methyl/N-ethyl adjacent to an activating group) is 1. The summed E-state index contributed by atoms with van der Waals surface area (Å²) in [7, 11) is 4.91. The molecule has 0 atom stereocenters. The van der Waals surface area contributed by atoms with Crippen LogP contribution in [-0.4, -0.2) is 75.4 Å². The molecule has 158 valence electrons. The van der Waals surface area contributed by atoms with Crippen LogP contribution in [-0.2, 0) is 11.3 Å². The molecule has 0 aliphatic carbocycles. The Hall–Kier alpha value is -2.00. The van der Waals surface area contributed by atoms with Gasteiger partial charge < -0.3 is 19.7 Å². The van der Waals surface area contributed by atoms with Crippen molar-refractivity contribution in [1.82, 2.24) is 15.1 Å². The number of ether oxygens (including phenoxy) is 2. The summed E-state index contributed by atoms with van der Waals surface area (Å²) in [6.07, 6.45) is -2.52. The van der Waals surface area contributed by atoms with Gasteiger partial charge in [0.05, 0.1) is 13.7 Å². The second-order valence-corrected chi connectivity index (χ2v) is 7.11. The number of carbonyl (C=O) groups is 1. The van der Waals surface area contributed by atoms with Gasteiger partial charge >= 0.3 is 6.18 Å². The third-order valence-electron chi connectivity index (χ3n) is 4.66. The number of alkyl halides is 3. The Morgan fingerprint density at radius 2 is 1.93 bits per heavy atom. The van der Waals surface area contributed by atoms with E-state index in [2.05, 4.69) is 10.2 Å². The van der Waals surface area contributed by atoms with Crippen molar-refractivity contribution in [3.8, 4) is 11.5 Å². The smallest absolute Gasteiger partial charge is 0.422 e. The lowest BCUT2D eigenvalue weighted by atomic mass is 10.0. The van der Waals surface area contributed by atoms with Crippen LogP contribution in [0.2, 0.25) is 0 Å². The molecule has 1 amide bonds. The first-order chi connectivity index (χ1) is 13.2. The maximum Gasteiger partial charge on any atom is 0.422 e. The average Bonchev–Trinajstić information content (AvgIpc) is 2.65. The molecular formula is C19H28F3N3O3. The van der Waals surface area contributed by atoms with Gasteiger partial charge in [-0.15, -0.1) is 0 Å². The van der Waals surface area contributed by atoms with Crippen LogP contribution in [0.1, 0.15) is 18.4 Å². The Labute approximate surface area is 163 Å². The van der Waals surface area contributed by atoms with E-state index in [0.717, 1.165) is 31.5 Å². The minimum Gasteiger partial charge on any atom is -0.493 e. The Morgan fingerprint density at radius 3 is 2.50 bits per heavy atom. The van der Waals surface area contributed by atoms with Crippen LogP contribution in [0.15, 0.2) is 18.2 Å². The number of piperidine rings is 1. The van der Waals surface area contributed by atoms with Crippen molar-refractivity contribution < 1.29 is 27.4 Å². The molecule has 1 N–H and O–H groups in total. The van der Waals surface area contributed by atoms with Gasteiger partial charge in [-0.1, -0.05) is 6.07 Å². The summed E-state index contributed by atoms with van der Waals surface area (Å²) in [6.45, 7) is 1.37. The number of likely N-dealkylation sites (tertiary alicyclic amines) is 1. The Kier molecular flexibility index (Phi) is 7.94. The lowest BCUT2D eigenvalue weighted by Gasteiger charge is -2.32. The summed E-state index contributed by atoms with van der Waals surface area (Å²) < 4.78 is 46.9. The van der Waals surface area contributed by atoms with Gasteiger partial charge in [-0.2, -0.15) is 13.2 Å². The van der Waals surface area contributed by atoms with E-state index in [-0.39, 0.29) is 17.4 Å². The maximum absolute atomic E-state index is 12.3. The standard InChI is InChI=1S/C19H28F3N3O3/c1-24(2)18(26)12-25-8-6-15(7-9-25)23-11-14-4-5-16(17(10-14)27-3)28-13-19(20,21)22/h4-5,10,15,23H,6-9,11-13H2,1-3H3. The van der Waals surface area contributed by atoms with Crippen molar-refractivity contribution in [3.05, 3.63) is 23.8 Å². The first kappa shape index (κ1) is 22.3. The second kappa shape index (κ2) is 9.97. The first-order valence-corrected chi connectivity index (χ1v) is 9.20. The zero-order chi connectivity index (χ0) is 20.7. The van der Waals surface area contributed by atoms with Crippen LogP contribution in [0.3, 0.4) is 0 Å². The van der Waals surface area contributed by atoms with E-state index in [9.17, 15) is 18.0 Å². The van der Waals surface area contributed by atoms with E-state index in [0.29, 0.717) is 19.1 Å². The monoisotopic (exact) mass is 403 g/mol. The number of nitrogens with one attached hydrogen (secondary N) is 1. The Balaban J connectivity index is 1.81. The van der Waals surface area contributed by atoms with Crippen molar-refractivity contribution >= 4 is 5.91 Å². The molecule has 1 heterocycles. The van der Waals surface area contributed by atoms with Gasteiger partial charge in [0.25, 0.3) is 0 Å². The fourth-order valence-electron chi connectivity index (χ4n) is 2.99. The molecule has 1 saturated heterocycles. The number of hydrogen-bond donors (Lipinski definition) is 1. The highest BCUT2D eigenvalue weighted by atomic mass is 19.4. The highest BCUT2D eigenvalue weighted by Gasteiger charge is 2.29. The highest BCUT2D eigenvalue weighted by molar-refractivity contribution is 5.77. The van der Waals surface area contributed by atoms with Gasteiger partial charge in [-0.25, -0.2) is 0 Å². The van der Waals surface area contributed by atoms with Crippen LogP contribution < -0.4 is 14.8 Å². The molecule has 1 aliphatic heterocycles. The molecule has 0 radical (unpaired) electrons. The summed E-state index contributed by atoms with van der Waals surface area (Å²) >= 11 is 0. The zero-order valence-corrected chi connectivity index (χ0v) is 16.5. The molecule has 0 bridgehead atoms. The van der Waals surface area contributed by atoms with Gasteiger partial charge in [0.2, 0.25) is 5.91 Å². The fourth-order valence-corrected chi connectivity index (χ4v) is 2.99. The van der Waals surface area contributed by atoms with Crippen LogP contribution in [0, 0.1) is 0 Å². The summed E-state index contributed by atoms with van der Waals surface area (Å²) in [6, 6.07) is 5.24. The molecule has 0 spiro atoms. The SMILES string of the molecule is COc1cc(CNC2CCN(CC(=O)N(C)C)CC2)ccc1OCC(F)(F)F. The van der Waals surface area contributed by atoms with E-state index < -0.39 is 12.8 Å². The number of carbonyl (C=O) groups excluding carboxylic acids is 1. The molecule has 2 rings (SSSR count). The lowest BCUT2D eigenvalue weighted by molar-refractivity contribution is -0.153. The van der Waals surface area contributed by atoms with Gasteiger partial charge in [0.15, 0.2) is 18.1 Å². The number of nitrogens with zero attached hydrogens (tertiary/aromatic N) is 2. The predicted molar refractivity (Wildman–Crippen MR) is 99.5 cm³/mol. The molecule has 0 saturated carbocycles. The van der Waals surface area contributed by atoms with Crippen LogP contribution >= 0.6 is 0 Å². The van der Waals surface area contributed by atoms with Crippen LogP contribution in [0.4, 0.5) is 13.2 Å². The van der Waals surface area contributed by atoms with E-state index in [1.807, 2.05) is 0 Å². The number of benzene rings is 1. The van der Waals surface area contributed by atoms with E-state index in [4.69, 9.17) is 9.47 Å². The second-order valence-electron chi connectivity index (χ2n) is 7.11. The number of methoxy groups -OCH3 is 1. The highest BCUT2D eigenvalue weighted by Crippen LogP contribution is 2.30. The number of rotatable bonds is 8. The maximum atomic E-state index is 12.3. The minimum atomic E-state index is -4.39. The van der Waals surface area contributed by atoms with E-state index in [1.165, 1.54) is 13.2 Å². The largest absolute Gasteiger partial charge is 0.493 e. The summed E-state index contributed by atoms with van der Waals surface area (Å²) in [4.78, 5) is 15.5. The van der Waals surface area contributed by atoms with Crippen molar-refractivity contribution in [2.24, 2.45) is 0 Å². The van der Waals surface area contributed by atoms with Crippen molar-refractivity contribution in [1.29, 1.82) is 0 Å². The Bertz CT molecular complexity index is 645. The van der Waals surface area contributed by atoms with Gasteiger partial charge in [-0.3, -0.25) is 9.69 Å². The van der Waals surface area contributed by atoms with Crippen molar-refractivity contribution in [2.75, 3.05) is 47.4 Å². The topological polar surface area (TPSA) is 54.0 Å². The molecule has 1 fully saturated rings. The summed E-state index contributed by atoms with van der Waals surface area (Å²) in [5.41, 5.74) is 0.904. The molecule has 6 nitrogen and oxygen atoms in total. The van der Waals surface area contributed by atoms with E-state index in [1.54, 1.807) is 31.1 Å². The van der Waals surface area contributed by atoms with Crippen LogP contribution in [0.5, 0.6) is 11.5 Å². The molecular weight excluding hydrogens is 375 g/mol. The molecule has 1 aromatic carbocycles. The quantitative estimate of drug-likeness (QED) is 0.722. The molecule has 0 unspecified atom stereocenters. The third kappa shape index (κ3) is 7.20. The first-order valence-electron chi connectivity index (χ1n) is 9.20. The predicted octanol–water partition coefficient (Wildman–Crippen LogP) is 2.28. The number of hydrogen-bond acceptors (Lipinski definition) is 5. The fraction of sp³-hybridized carbons (Fsp3) is 0.632. The minimum absolute atomic E-state index is 0.0717. The summed E-state index contributed by atoms with van der Waals surface area (Å²) in [5, 5.41) is 3.46. The average molecular weight is 403 g/mol. The molecule has 0 aromatic heterocycles. The molecule has 28 heavy (non-hydrogen) atoms. The lowest BCUT2D eigenvalue weighted by Crippen LogP contribution is -2.45. The molecule has 9 heteroatoms. The number of halogens is 3. The molecule has 1 aromatic rings. The Morgan fingerprint density at radius 1 is 1.25 bits per heavy atom. The number of amides is 1. The van der Waals surface area contributed by atoms with Crippen LogP contribution in [0.25, 0.3) is 0 Å². The summed E-state index contributed by atoms with van der Waals surface area (Å²) in [5.74, 6) is 0.453. The van der Waals surface area contributed by atoms with Gasteiger partial charge in [0, 0.05) is 39.8 Å². The zero-order valence-electron chi connectivity index (χ0n) is 16.5.